The summed E-state index contributed by atoms with van der Waals surface area (Å²) in [5.74, 6) is -0.113. The number of carbonyl (C=O) groups is 1. The first kappa shape index (κ1) is 20.3. The normalized spacial score (nSPS) is 9.30. The highest BCUT2D eigenvalue weighted by Crippen LogP contribution is 2.11. The molecule has 0 aliphatic carbocycles. The number of amides is 1. The van der Waals surface area contributed by atoms with Crippen LogP contribution in [0.5, 0.6) is 0 Å². The summed E-state index contributed by atoms with van der Waals surface area (Å²) in [6.07, 6.45) is 4.20. The largest absolute Gasteiger partial charge is 0.373 e. The molecule has 124 valence electrons. The van der Waals surface area contributed by atoms with E-state index < -0.39 is 0 Å². The number of hydrogen-bond acceptors (Lipinski definition) is 6. The Morgan fingerprint density at radius 2 is 1.43 bits per heavy atom. The summed E-state index contributed by atoms with van der Waals surface area (Å²) >= 11 is 0. The summed E-state index contributed by atoms with van der Waals surface area (Å²) in [7, 11) is 0. The van der Waals surface area contributed by atoms with Crippen molar-refractivity contribution in [1.29, 1.82) is 21.3 Å². The van der Waals surface area contributed by atoms with Gasteiger partial charge in [0.1, 0.15) is 0 Å². The SMILES string of the molecule is C=C(CC(=O)N(CCC=N)CCC=N)N(CCC#N)CCC#N. The van der Waals surface area contributed by atoms with Crippen LogP contribution in [0.25, 0.3) is 0 Å². The van der Waals surface area contributed by atoms with Gasteiger partial charge in [-0.25, -0.2) is 0 Å². The lowest BCUT2D eigenvalue weighted by molar-refractivity contribution is -0.130. The Kier molecular flexibility index (Phi) is 11.5. The standard InChI is InChI=1S/C16H24N6O/c1-15(21(10-2-6-17)11-3-7-18)14-16(23)22(12-4-8-19)13-5-9-20/h8-9,19-20H,1-5,10-14H2. The predicted molar refractivity (Wildman–Crippen MR) is 89.2 cm³/mol. The van der Waals surface area contributed by atoms with E-state index in [1.807, 2.05) is 0 Å². The third-order valence-corrected chi connectivity index (χ3v) is 3.23. The Hall–Kier alpha value is -2.67. The van der Waals surface area contributed by atoms with Crippen LogP contribution in [0.2, 0.25) is 0 Å². The maximum absolute atomic E-state index is 12.4. The van der Waals surface area contributed by atoms with E-state index in [0.717, 1.165) is 0 Å². The van der Waals surface area contributed by atoms with E-state index >= 15 is 0 Å². The number of nitrogens with one attached hydrogen (secondary N) is 2. The van der Waals surface area contributed by atoms with Crippen molar-refractivity contribution in [3.05, 3.63) is 12.3 Å². The average molecular weight is 316 g/mol. The molecular formula is C16H24N6O. The maximum atomic E-state index is 12.4. The van der Waals surface area contributed by atoms with Crippen molar-refractivity contribution in [1.82, 2.24) is 9.80 Å². The topological polar surface area (TPSA) is 119 Å². The molecule has 0 bridgehead atoms. The van der Waals surface area contributed by atoms with Gasteiger partial charge in [0, 0.05) is 31.9 Å². The minimum atomic E-state index is -0.113. The van der Waals surface area contributed by atoms with Gasteiger partial charge in [0.2, 0.25) is 5.91 Å². The van der Waals surface area contributed by atoms with Gasteiger partial charge in [-0.05, 0) is 25.3 Å². The highest BCUT2D eigenvalue weighted by Gasteiger charge is 2.16. The molecule has 0 saturated heterocycles. The van der Waals surface area contributed by atoms with Crippen molar-refractivity contribution in [3.8, 4) is 12.1 Å². The Bertz CT molecular complexity index is 458. The Morgan fingerprint density at radius 3 is 1.83 bits per heavy atom. The second-order valence-corrected chi connectivity index (χ2v) is 4.91. The predicted octanol–water partition coefficient (Wildman–Crippen LogP) is 1.93. The molecule has 7 nitrogen and oxygen atoms in total. The van der Waals surface area contributed by atoms with Gasteiger partial charge in [-0.15, -0.1) is 0 Å². The van der Waals surface area contributed by atoms with Crippen molar-refractivity contribution >= 4 is 18.3 Å². The van der Waals surface area contributed by atoms with Gasteiger partial charge in [0.25, 0.3) is 0 Å². The summed E-state index contributed by atoms with van der Waals surface area (Å²) in [4.78, 5) is 15.8. The summed E-state index contributed by atoms with van der Waals surface area (Å²) in [6.45, 7) is 5.70. The second-order valence-electron chi connectivity index (χ2n) is 4.91. The Balaban J connectivity index is 4.71. The van der Waals surface area contributed by atoms with Crippen molar-refractivity contribution in [2.75, 3.05) is 26.2 Å². The lowest BCUT2D eigenvalue weighted by atomic mass is 10.2. The zero-order valence-electron chi connectivity index (χ0n) is 13.4. The third-order valence-electron chi connectivity index (χ3n) is 3.23. The van der Waals surface area contributed by atoms with Crippen LogP contribution >= 0.6 is 0 Å². The first-order valence-corrected chi connectivity index (χ1v) is 7.53. The van der Waals surface area contributed by atoms with E-state index in [1.54, 1.807) is 9.80 Å². The van der Waals surface area contributed by atoms with E-state index in [2.05, 4.69) is 18.7 Å². The molecule has 0 fully saturated rings. The highest BCUT2D eigenvalue weighted by atomic mass is 16.2. The summed E-state index contributed by atoms with van der Waals surface area (Å²) in [5.41, 5.74) is 0.593. The minimum Gasteiger partial charge on any atom is -0.373 e. The average Bonchev–Trinajstić information content (AvgIpc) is 2.54. The van der Waals surface area contributed by atoms with Gasteiger partial charge in [-0.3, -0.25) is 4.79 Å². The molecule has 0 aromatic rings. The molecule has 0 aliphatic heterocycles. The van der Waals surface area contributed by atoms with Crippen molar-refractivity contribution in [3.63, 3.8) is 0 Å². The van der Waals surface area contributed by atoms with Gasteiger partial charge >= 0.3 is 0 Å². The fourth-order valence-corrected chi connectivity index (χ4v) is 2.00. The Morgan fingerprint density at radius 1 is 0.957 bits per heavy atom. The molecule has 0 rings (SSSR count). The monoisotopic (exact) mass is 316 g/mol. The number of nitrogens with zero attached hydrogens (tertiary/aromatic N) is 4. The summed E-state index contributed by atoms with van der Waals surface area (Å²) in [5, 5.41) is 31.6. The molecule has 0 radical (unpaired) electrons. The molecule has 7 heteroatoms. The first-order chi connectivity index (χ1) is 11.1. The van der Waals surface area contributed by atoms with E-state index in [-0.39, 0.29) is 12.3 Å². The fraction of sp³-hybridized carbons (Fsp3) is 0.562. The number of nitriles is 2. The van der Waals surface area contributed by atoms with Gasteiger partial charge in [-0.1, -0.05) is 6.58 Å². The smallest absolute Gasteiger partial charge is 0.228 e. The fourth-order valence-electron chi connectivity index (χ4n) is 2.00. The quantitative estimate of drug-likeness (QED) is 0.504. The number of carbonyl (C=O) groups excluding carboxylic acids is 1. The van der Waals surface area contributed by atoms with Crippen LogP contribution in [0.1, 0.15) is 32.1 Å². The summed E-state index contributed by atoms with van der Waals surface area (Å²) in [6, 6.07) is 4.10. The molecule has 0 aromatic carbocycles. The second kappa shape index (κ2) is 13.0. The van der Waals surface area contributed by atoms with Crippen LogP contribution in [0.3, 0.4) is 0 Å². The lowest BCUT2D eigenvalue weighted by Gasteiger charge is -2.27. The molecule has 0 atom stereocenters. The van der Waals surface area contributed by atoms with Crippen molar-refractivity contribution in [2.24, 2.45) is 0 Å². The first-order valence-electron chi connectivity index (χ1n) is 7.53. The van der Waals surface area contributed by atoms with Gasteiger partial charge in [-0.2, -0.15) is 10.5 Å². The molecule has 2 N–H and O–H groups in total. The van der Waals surface area contributed by atoms with Gasteiger partial charge in [0.15, 0.2) is 0 Å². The van der Waals surface area contributed by atoms with Crippen LogP contribution in [-0.2, 0) is 4.79 Å². The molecule has 1 amide bonds. The molecule has 0 aliphatic rings. The van der Waals surface area contributed by atoms with Crippen LogP contribution in [-0.4, -0.2) is 54.3 Å². The van der Waals surface area contributed by atoms with Gasteiger partial charge in [0.05, 0.1) is 31.4 Å². The minimum absolute atomic E-state index is 0.113. The van der Waals surface area contributed by atoms with E-state index in [0.29, 0.717) is 57.6 Å². The third kappa shape index (κ3) is 9.05. The maximum Gasteiger partial charge on any atom is 0.228 e. The van der Waals surface area contributed by atoms with E-state index in [1.165, 1.54) is 12.4 Å². The van der Waals surface area contributed by atoms with Crippen LogP contribution in [0.15, 0.2) is 12.3 Å². The number of hydrogen-bond donors (Lipinski definition) is 2. The molecule has 0 spiro atoms. The zero-order valence-corrected chi connectivity index (χ0v) is 13.4. The molecular weight excluding hydrogens is 292 g/mol. The van der Waals surface area contributed by atoms with Crippen molar-refractivity contribution < 1.29 is 4.79 Å². The Labute approximate surface area is 137 Å². The van der Waals surface area contributed by atoms with E-state index in [4.69, 9.17) is 21.3 Å². The molecule has 0 aromatic heterocycles. The molecule has 0 saturated carbocycles. The summed E-state index contributed by atoms with van der Waals surface area (Å²) < 4.78 is 0. The lowest BCUT2D eigenvalue weighted by Crippen LogP contribution is -2.35. The highest BCUT2D eigenvalue weighted by molar-refractivity contribution is 5.79. The molecule has 23 heavy (non-hydrogen) atoms. The van der Waals surface area contributed by atoms with Crippen LogP contribution in [0.4, 0.5) is 0 Å². The van der Waals surface area contributed by atoms with Crippen LogP contribution < -0.4 is 0 Å². The van der Waals surface area contributed by atoms with Gasteiger partial charge < -0.3 is 20.6 Å². The van der Waals surface area contributed by atoms with E-state index in [9.17, 15) is 4.79 Å². The van der Waals surface area contributed by atoms with Crippen molar-refractivity contribution in [2.45, 2.75) is 32.1 Å². The van der Waals surface area contributed by atoms with Crippen LogP contribution in [0, 0.1) is 33.5 Å². The molecule has 0 unspecified atom stereocenters. The number of rotatable bonds is 13. The molecule has 0 heterocycles. The zero-order chi connectivity index (χ0) is 17.5.